The van der Waals surface area contributed by atoms with Gasteiger partial charge in [0, 0.05) is 23.8 Å². The lowest BCUT2D eigenvalue weighted by Crippen LogP contribution is -2.47. The highest BCUT2D eigenvalue weighted by Gasteiger charge is 2.33. The molecule has 5 nitrogen and oxygen atoms in total. The first-order valence-electron chi connectivity index (χ1n) is 5.54. The van der Waals surface area contributed by atoms with E-state index in [0.717, 1.165) is 17.3 Å². The topological polar surface area (TPSA) is 63.2 Å². The Bertz CT molecular complexity index is 505. The van der Waals surface area contributed by atoms with Gasteiger partial charge in [-0.25, -0.2) is 8.42 Å². The molecular weight excluding hydrogens is 314 g/mol. The van der Waals surface area contributed by atoms with E-state index in [4.69, 9.17) is 11.6 Å². The summed E-state index contributed by atoms with van der Waals surface area (Å²) in [5.74, 6) is 1.75. The highest BCUT2D eigenvalue weighted by Crippen LogP contribution is 2.25. The lowest BCUT2D eigenvalue weighted by atomic mass is 10.4. The number of hydrogen-bond donors (Lipinski definition) is 0. The third-order valence-corrected chi connectivity index (χ3v) is 7.12. The van der Waals surface area contributed by atoms with Crippen LogP contribution in [0.25, 0.3) is 0 Å². The van der Waals surface area contributed by atoms with Gasteiger partial charge in [0.1, 0.15) is 10.4 Å². The summed E-state index contributed by atoms with van der Waals surface area (Å²) in [6.45, 7) is 2.95. The monoisotopic (exact) mass is 327 g/mol. The Morgan fingerprint density at radius 1 is 1.50 bits per heavy atom. The third-order valence-electron chi connectivity index (χ3n) is 2.79. The molecule has 0 N–H and O–H groups in total. The molecule has 1 unspecified atom stereocenters. The van der Waals surface area contributed by atoms with E-state index >= 15 is 0 Å². The van der Waals surface area contributed by atoms with E-state index in [0.29, 0.717) is 16.8 Å². The van der Waals surface area contributed by atoms with E-state index in [-0.39, 0.29) is 5.75 Å². The summed E-state index contributed by atoms with van der Waals surface area (Å²) >= 11 is 8.72. The van der Waals surface area contributed by atoms with E-state index in [2.05, 4.69) is 10.2 Å². The molecule has 2 rings (SSSR count). The van der Waals surface area contributed by atoms with Crippen molar-refractivity contribution < 1.29 is 8.42 Å². The van der Waals surface area contributed by atoms with E-state index in [9.17, 15) is 8.42 Å². The Kier molecular flexibility index (Phi) is 4.87. The fraction of sp³-hybridized carbons (Fsp3) is 0.778. The minimum atomic E-state index is -3.06. The van der Waals surface area contributed by atoms with Crippen molar-refractivity contribution in [1.29, 1.82) is 0 Å². The van der Waals surface area contributed by atoms with Crippen LogP contribution < -0.4 is 0 Å². The highest BCUT2D eigenvalue weighted by atomic mass is 35.5. The van der Waals surface area contributed by atoms with Crippen LogP contribution in [0, 0.1) is 0 Å². The summed E-state index contributed by atoms with van der Waals surface area (Å²) in [6.07, 6.45) is 0. The zero-order chi connectivity index (χ0) is 13.2. The normalized spacial score (nSPS) is 22.2. The Morgan fingerprint density at radius 3 is 2.89 bits per heavy atom. The molecule has 0 amide bonds. The molecule has 0 radical (unpaired) electrons. The van der Waals surface area contributed by atoms with Crippen LogP contribution in [0.2, 0.25) is 4.47 Å². The minimum absolute atomic E-state index is 0.172. The van der Waals surface area contributed by atoms with Crippen LogP contribution in [0.5, 0.6) is 0 Å². The van der Waals surface area contributed by atoms with Gasteiger partial charge in [0.2, 0.25) is 4.47 Å². The average molecular weight is 328 g/mol. The van der Waals surface area contributed by atoms with Crippen LogP contribution in [0.15, 0.2) is 0 Å². The van der Waals surface area contributed by atoms with E-state index in [1.807, 2.05) is 4.90 Å². The number of rotatable bonds is 4. The zero-order valence-electron chi connectivity index (χ0n) is 9.87. The van der Waals surface area contributed by atoms with Crippen LogP contribution in [-0.4, -0.2) is 52.7 Å². The lowest BCUT2D eigenvalue weighted by molar-refractivity contribution is 0.261. The van der Waals surface area contributed by atoms with Gasteiger partial charge in [0.05, 0.1) is 6.54 Å². The maximum absolute atomic E-state index is 12.0. The average Bonchev–Trinajstić information content (AvgIpc) is 2.75. The molecule has 102 valence electrons. The fourth-order valence-electron chi connectivity index (χ4n) is 1.79. The van der Waals surface area contributed by atoms with Gasteiger partial charge in [-0.1, -0.05) is 18.3 Å². The molecule has 2 heterocycles. The number of aromatic nitrogens is 2. The molecular formula is C9H14ClN3O2S3. The predicted molar refractivity (Wildman–Crippen MR) is 75.9 cm³/mol. The predicted octanol–water partition coefficient (Wildman–Crippen LogP) is 1.50. The summed E-state index contributed by atoms with van der Waals surface area (Å²) < 4.78 is 24.5. The quantitative estimate of drug-likeness (QED) is 0.835. The molecule has 0 aliphatic carbocycles. The number of sulfone groups is 1. The highest BCUT2D eigenvalue weighted by molar-refractivity contribution is 8.01. The Labute approximate surface area is 120 Å². The first-order chi connectivity index (χ1) is 8.53. The molecule has 1 aromatic rings. The number of nitrogens with zero attached hydrogens (tertiary/aromatic N) is 3. The second kappa shape index (κ2) is 6.04. The summed E-state index contributed by atoms with van der Waals surface area (Å²) in [6, 6.07) is 0. The summed E-state index contributed by atoms with van der Waals surface area (Å²) in [7, 11) is -3.06. The molecule has 0 bridgehead atoms. The van der Waals surface area contributed by atoms with Crippen LogP contribution >= 0.6 is 34.7 Å². The summed E-state index contributed by atoms with van der Waals surface area (Å²) in [5.41, 5.74) is 0. The smallest absolute Gasteiger partial charge is 0.207 e. The zero-order valence-corrected chi connectivity index (χ0v) is 13.1. The standard InChI is InChI=1S/C9H14ClN3O2S3/c1-2-18(14,15)8-6-16-4-3-13(8)5-7-11-12-9(10)17-7/h8H,2-6H2,1H3. The molecule has 1 aliphatic heterocycles. The Morgan fingerprint density at radius 2 is 2.28 bits per heavy atom. The summed E-state index contributed by atoms with van der Waals surface area (Å²) in [5, 5.41) is 8.04. The number of thioether (sulfide) groups is 1. The van der Waals surface area contributed by atoms with Crippen LogP contribution in [0.1, 0.15) is 11.9 Å². The largest absolute Gasteiger partial charge is 0.279 e. The van der Waals surface area contributed by atoms with Crippen molar-refractivity contribution in [3.8, 4) is 0 Å². The second-order valence-electron chi connectivity index (χ2n) is 3.90. The molecule has 0 aromatic carbocycles. The van der Waals surface area contributed by atoms with Crippen molar-refractivity contribution >= 4 is 44.5 Å². The van der Waals surface area contributed by atoms with Crippen LogP contribution in [-0.2, 0) is 16.4 Å². The van der Waals surface area contributed by atoms with Gasteiger partial charge in [0.25, 0.3) is 0 Å². The van der Waals surface area contributed by atoms with Gasteiger partial charge in [-0.2, -0.15) is 11.8 Å². The van der Waals surface area contributed by atoms with Gasteiger partial charge >= 0.3 is 0 Å². The minimum Gasteiger partial charge on any atom is -0.279 e. The molecule has 0 saturated carbocycles. The molecule has 1 saturated heterocycles. The first kappa shape index (κ1) is 14.5. The Hall–Kier alpha value is 0.110. The van der Waals surface area contributed by atoms with Crippen LogP contribution in [0.3, 0.4) is 0 Å². The summed E-state index contributed by atoms with van der Waals surface area (Å²) in [4.78, 5) is 1.96. The van der Waals surface area contributed by atoms with Gasteiger partial charge < -0.3 is 0 Å². The van der Waals surface area contributed by atoms with Gasteiger partial charge in [-0.05, 0) is 11.6 Å². The van der Waals surface area contributed by atoms with Crippen molar-refractivity contribution in [2.24, 2.45) is 0 Å². The second-order valence-corrected chi connectivity index (χ2v) is 9.14. The first-order valence-corrected chi connectivity index (χ1v) is 9.60. The molecule has 1 aromatic heterocycles. The SMILES string of the molecule is CCS(=O)(=O)C1CSCCN1Cc1nnc(Cl)s1. The van der Waals surface area contributed by atoms with E-state index in [1.165, 1.54) is 11.3 Å². The molecule has 0 spiro atoms. The number of hydrogen-bond acceptors (Lipinski definition) is 7. The van der Waals surface area contributed by atoms with E-state index < -0.39 is 15.2 Å². The molecule has 1 fully saturated rings. The maximum atomic E-state index is 12.0. The van der Waals surface area contributed by atoms with E-state index in [1.54, 1.807) is 18.7 Å². The molecule has 1 aliphatic rings. The fourth-order valence-corrected chi connectivity index (χ4v) is 5.76. The van der Waals surface area contributed by atoms with Crippen molar-refractivity contribution in [1.82, 2.24) is 15.1 Å². The third kappa shape index (κ3) is 3.36. The maximum Gasteiger partial charge on any atom is 0.207 e. The van der Waals surface area contributed by atoms with Gasteiger partial charge in [0.15, 0.2) is 9.84 Å². The molecule has 1 atom stereocenters. The Balaban J connectivity index is 2.13. The van der Waals surface area contributed by atoms with Crippen LogP contribution in [0.4, 0.5) is 0 Å². The van der Waals surface area contributed by atoms with Gasteiger partial charge in [-0.15, -0.1) is 10.2 Å². The van der Waals surface area contributed by atoms with Crippen molar-refractivity contribution in [2.75, 3.05) is 23.8 Å². The van der Waals surface area contributed by atoms with Crippen molar-refractivity contribution in [2.45, 2.75) is 18.8 Å². The lowest BCUT2D eigenvalue weighted by Gasteiger charge is -2.33. The molecule has 18 heavy (non-hydrogen) atoms. The van der Waals surface area contributed by atoms with Crippen molar-refractivity contribution in [3.63, 3.8) is 0 Å². The number of halogens is 1. The van der Waals surface area contributed by atoms with Gasteiger partial charge in [-0.3, -0.25) is 4.90 Å². The molecule has 9 heteroatoms. The van der Waals surface area contributed by atoms with Crippen molar-refractivity contribution in [3.05, 3.63) is 9.47 Å².